The molecule has 0 aliphatic heterocycles. The molecule has 4 aromatic carbocycles. The Morgan fingerprint density at radius 2 is 1.02 bits per heavy atom. The number of amides is 2. The average Bonchev–Trinajstić information content (AvgIpc) is 3.10. The predicted octanol–water partition coefficient (Wildman–Crippen LogP) is 5.29. The second-order valence-electron chi connectivity index (χ2n) is 11.5. The quantitative estimate of drug-likeness (QED) is 0.0950. The molecule has 0 aromatic heterocycles. The van der Waals surface area contributed by atoms with Crippen molar-refractivity contribution in [3.05, 3.63) is 144 Å². The Balaban J connectivity index is 1.57. The minimum atomic E-state index is -4.05. The van der Waals surface area contributed by atoms with Gasteiger partial charge in [0.2, 0.25) is 26.0 Å². The van der Waals surface area contributed by atoms with Gasteiger partial charge in [0.1, 0.15) is 6.04 Å². The van der Waals surface area contributed by atoms with Gasteiger partial charge in [-0.15, -0.1) is 0 Å². The highest BCUT2D eigenvalue weighted by atomic mass is 33.2. The number of hydrogen-bond donors (Lipinski definition) is 4. The van der Waals surface area contributed by atoms with Crippen LogP contribution < -0.4 is 19.5 Å². The molecule has 2 atom stereocenters. The van der Waals surface area contributed by atoms with Crippen LogP contribution in [-0.2, 0) is 49.2 Å². The number of nitrogens with one attached hydrogen (secondary N) is 4. The molecule has 2 amide bonds. The van der Waals surface area contributed by atoms with E-state index in [4.69, 9.17) is 0 Å². The van der Waals surface area contributed by atoms with Crippen LogP contribution in [0.2, 0.25) is 0 Å². The summed E-state index contributed by atoms with van der Waals surface area (Å²) in [6.07, 6.45) is 1.05. The van der Waals surface area contributed by atoms with Crippen LogP contribution in [0.1, 0.15) is 29.2 Å². The van der Waals surface area contributed by atoms with E-state index < -0.39 is 46.5 Å². The van der Waals surface area contributed by atoms with Crippen molar-refractivity contribution in [1.29, 1.82) is 0 Å². The van der Waals surface area contributed by atoms with Crippen LogP contribution in [0.3, 0.4) is 0 Å². The second kappa shape index (κ2) is 19.1. The summed E-state index contributed by atoms with van der Waals surface area (Å²) in [6, 6.07) is 35.0. The Bertz CT molecular complexity index is 1870. The largest absolute Gasteiger partial charge is 0.354 e. The van der Waals surface area contributed by atoms with E-state index in [2.05, 4.69) is 19.5 Å². The molecule has 0 fully saturated rings. The Morgan fingerprint density at radius 1 is 0.600 bits per heavy atom. The normalized spacial score (nSPS) is 14.2. The van der Waals surface area contributed by atoms with E-state index in [9.17, 15) is 26.4 Å². The molecule has 14 heteroatoms. The molecular weight excluding hydrogens is 713 g/mol. The van der Waals surface area contributed by atoms with Crippen LogP contribution in [0.5, 0.6) is 0 Å². The molecule has 2 unspecified atom stereocenters. The molecule has 0 bridgehead atoms. The fourth-order valence-corrected chi connectivity index (χ4v) is 14.8. The molecule has 4 rings (SSSR count). The van der Waals surface area contributed by atoms with Crippen molar-refractivity contribution in [2.75, 3.05) is 24.6 Å². The van der Waals surface area contributed by atoms with Gasteiger partial charge >= 0.3 is 0 Å². The van der Waals surface area contributed by atoms with E-state index in [0.717, 1.165) is 21.9 Å². The molecule has 0 heterocycles. The van der Waals surface area contributed by atoms with E-state index in [1.165, 1.54) is 0 Å². The van der Waals surface area contributed by atoms with Crippen molar-refractivity contribution in [2.24, 2.45) is 0 Å². The van der Waals surface area contributed by atoms with Gasteiger partial charge in [0.15, 0.2) is 0 Å². The molecule has 50 heavy (non-hydrogen) atoms. The molecule has 0 saturated carbocycles. The first-order valence-electron chi connectivity index (χ1n) is 16.2. The zero-order valence-electron chi connectivity index (χ0n) is 27.9. The van der Waals surface area contributed by atoms with Crippen molar-refractivity contribution in [3.8, 4) is 0 Å². The summed E-state index contributed by atoms with van der Waals surface area (Å²) in [5.41, 5.74) is 3.08. The zero-order chi connectivity index (χ0) is 35.9. The summed E-state index contributed by atoms with van der Waals surface area (Å²) < 4.78 is 59.1. The Hall–Kier alpha value is -3.66. The summed E-state index contributed by atoms with van der Waals surface area (Å²) in [5.74, 6) is -1.39. The Kier molecular flexibility index (Phi) is 14.9. The van der Waals surface area contributed by atoms with Crippen LogP contribution in [0.4, 0.5) is 4.79 Å². The fraction of sp³-hybridized carbons (Fsp3) is 0.278. The molecule has 0 saturated heterocycles. The predicted molar refractivity (Wildman–Crippen MR) is 205 cm³/mol. The first-order chi connectivity index (χ1) is 24.0. The van der Waals surface area contributed by atoms with Crippen LogP contribution >= 0.6 is 20.0 Å². The third kappa shape index (κ3) is 12.9. The van der Waals surface area contributed by atoms with Crippen molar-refractivity contribution in [3.63, 3.8) is 0 Å². The van der Waals surface area contributed by atoms with E-state index in [-0.39, 0.29) is 36.1 Å². The summed E-state index contributed by atoms with van der Waals surface area (Å²) in [7, 11) is -10.0. The lowest BCUT2D eigenvalue weighted by atomic mass is 10.1. The van der Waals surface area contributed by atoms with Crippen molar-refractivity contribution >= 4 is 51.2 Å². The second-order valence-corrected chi connectivity index (χ2v) is 20.7. The minimum absolute atomic E-state index is 0.0992. The summed E-state index contributed by atoms with van der Waals surface area (Å²) >= 11 is 0. The third-order valence-electron chi connectivity index (χ3n) is 7.52. The molecule has 0 aliphatic carbocycles. The third-order valence-corrected chi connectivity index (χ3v) is 17.5. The van der Waals surface area contributed by atoms with Gasteiger partial charge in [-0.25, -0.2) is 21.6 Å². The van der Waals surface area contributed by atoms with Crippen molar-refractivity contribution in [1.82, 2.24) is 19.5 Å². The Labute approximate surface area is 301 Å². The number of carbonyl (C=O) groups excluding carboxylic acids is 2. The summed E-state index contributed by atoms with van der Waals surface area (Å²) in [4.78, 5) is 27.6. The lowest BCUT2D eigenvalue weighted by Gasteiger charge is -2.37. The van der Waals surface area contributed by atoms with Crippen LogP contribution in [0, 0.1) is 0 Å². The van der Waals surface area contributed by atoms with E-state index in [1.807, 2.05) is 60.7 Å². The van der Waals surface area contributed by atoms with Gasteiger partial charge in [-0.05, 0) is 44.3 Å². The SMILES string of the molecule is CCS(NS(=O)(=O)Cc1ccccc1)(SCC(NS(=O)(=O)Cc1ccccc1)C(=O)NCCc1ccccc1)C(=O)NCCc1ccccc1. The molecular formula is C36H44N4O6S4. The van der Waals surface area contributed by atoms with Crippen molar-refractivity contribution < 1.29 is 26.4 Å². The molecule has 0 spiro atoms. The molecule has 0 radical (unpaired) electrons. The Morgan fingerprint density at radius 3 is 1.48 bits per heavy atom. The number of hydrogen-bond acceptors (Lipinski definition) is 7. The summed E-state index contributed by atoms with van der Waals surface area (Å²) in [6.45, 7) is 2.21. The van der Waals surface area contributed by atoms with Gasteiger partial charge in [0, 0.05) is 24.6 Å². The molecule has 4 aromatic rings. The van der Waals surface area contributed by atoms with Crippen LogP contribution in [0.15, 0.2) is 121 Å². The first-order valence-corrected chi connectivity index (χ1v) is 22.8. The molecule has 0 aliphatic rings. The number of rotatable bonds is 19. The van der Waals surface area contributed by atoms with Gasteiger partial charge in [0.05, 0.1) is 11.5 Å². The topological polar surface area (TPSA) is 151 Å². The molecule has 10 nitrogen and oxygen atoms in total. The number of sulfonamides is 2. The zero-order valence-corrected chi connectivity index (χ0v) is 31.1. The standard InChI is InChI=1S/C36H44N4O6S4/c1-2-48(36(42)38-26-24-31-17-9-4-10-18-31,40-50(45,46)29-33-21-13-6-14-22-33)47-27-34(35(41)37-25-23-30-15-7-3-8-16-30)39-49(43,44)28-32-19-11-5-12-20-32/h3-22,34,39-40H,2,23-29H2,1H3,(H,37,41)(H,38,42). The average molecular weight is 757 g/mol. The van der Waals surface area contributed by atoms with Gasteiger partial charge in [-0.2, -0.15) is 4.13 Å². The van der Waals surface area contributed by atoms with Gasteiger partial charge in [-0.1, -0.05) is 139 Å². The van der Waals surface area contributed by atoms with E-state index >= 15 is 0 Å². The minimum Gasteiger partial charge on any atom is -0.354 e. The first kappa shape index (κ1) is 39.1. The van der Waals surface area contributed by atoms with Crippen LogP contribution in [0.25, 0.3) is 0 Å². The van der Waals surface area contributed by atoms with Gasteiger partial charge in [0.25, 0.3) is 5.24 Å². The highest BCUT2D eigenvalue weighted by molar-refractivity contribution is 8.99. The maximum absolute atomic E-state index is 14.0. The summed E-state index contributed by atoms with van der Waals surface area (Å²) in [5, 5.41) is 5.23. The lowest BCUT2D eigenvalue weighted by Crippen LogP contribution is -2.49. The van der Waals surface area contributed by atoms with E-state index in [1.54, 1.807) is 67.6 Å². The number of benzene rings is 4. The smallest absolute Gasteiger partial charge is 0.283 e. The number of carbonyl (C=O) groups is 2. The fourth-order valence-electron chi connectivity index (χ4n) is 4.98. The maximum atomic E-state index is 14.0. The molecule has 4 N–H and O–H groups in total. The molecule has 268 valence electrons. The van der Waals surface area contributed by atoms with Crippen LogP contribution in [-0.4, -0.2) is 58.6 Å². The highest BCUT2D eigenvalue weighted by Gasteiger charge is 2.38. The van der Waals surface area contributed by atoms with Gasteiger partial charge in [-0.3, -0.25) is 9.59 Å². The van der Waals surface area contributed by atoms with Gasteiger partial charge < -0.3 is 10.6 Å². The maximum Gasteiger partial charge on any atom is 0.283 e. The lowest BCUT2D eigenvalue weighted by molar-refractivity contribution is -0.122. The highest BCUT2D eigenvalue weighted by Crippen LogP contribution is 2.57. The monoisotopic (exact) mass is 756 g/mol. The van der Waals surface area contributed by atoms with E-state index in [0.29, 0.717) is 24.0 Å². The van der Waals surface area contributed by atoms with Crippen molar-refractivity contribution in [2.45, 2.75) is 37.3 Å².